The first-order valence-corrected chi connectivity index (χ1v) is 7.59. The van der Waals surface area contributed by atoms with E-state index >= 15 is 0 Å². The standard InChI is InChI=1S/C17H18N2O6/c1-8-12(20)10(16(24)18(3)14(8)22)6-5-7-11-13(21)9(2)15(23)19(4)17(11)25/h5-9,20H,1-4H3/b6-5+,11-7-. The van der Waals surface area contributed by atoms with Crippen LogP contribution in [-0.4, -0.2) is 58.4 Å². The molecule has 0 aliphatic carbocycles. The summed E-state index contributed by atoms with van der Waals surface area (Å²) in [6, 6.07) is 0. The highest BCUT2D eigenvalue weighted by atomic mass is 16.3. The van der Waals surface area contributed by atoms with E-state index in [9.17, 15) is 29.1 Å². The minimum atomic E-state index is -0.963. The van der Waals surface area contributed by atoms with Crippen molar-refractivity contribution in [1.29, 1.82) is 0 Å². The smallest absolute Gasteiger partial charge is 0.263 e. The van der Waals surface area contributed by atoms with Crippen molar-refractivity contribution < 1.29 is 29.1 Å². The molecule has 8 nitrogen and oxygen atoms in total. The monoisotopic (exact) mass is 346 g/mol. The number of likely N-dealkylation sites (N-methyl/N-ethyl adjacent to an activating group) is 2. The predicted octanol–water partition coefficient (Wildman–Crippen LogP) is 0.120. The lowest BCUT2D eigenvalue weighted by Gasteiger charge is -2.26. The lowest BCUT2D eigenvalue weighted by molar-refractivity contribution is -0.150. The van der Waals surface area contributed by atoms with Gasteiger partial charge in [-0.1, -0.05) is 6.08 Å². The summed E-state index contributed by atoms with van der Waals surface area (Å²) in [7, 11) is 2.59. The largest absolute Gasteiger partial charge is 0.511 e. The third-order valence-electron chi connectivity index (χ3n) is 4.34. The first kappa shape index (κ1) is 18.3. The van der Waals surface area contributed by atoms with Gasteiger partial charge in [0.1, 0.15) is 5.76 Å². The quantitative estimate of drug-likeness (QED) is 0.329. The molecule has 2 unspecified atom stereocenters. The molecule has 1 fully saturated rings. The molecule has 0 spiro atoms. The fourth-order valence-corrected chi connectivity index (χ4v) is 2.60. The van der Waals surface area contributed by atoms with Gasteiger partial charge in [-0.15, -0.1) is 0 Å². The number of hydrogen-bond acceptors (Lipinski definition) is 6. The molecule has 2 heterocycles. The summed E-state index contributed by atoms with van der Waals surface area (Å²) in [4.78, 5) is 61.4. The molecule has 0 aromatic heterocycles. The summed E-state index contributed by atoms with van der Waals surface area (Å²) >= 11 is 0. The Balaban J connectivity index is 2.36. The van der Waals surface area contributed by atoms with Gasteiger partial charge in [0.25, 0.3) is 11.8 Å². The highest BCUT2D eigenvalue weighted by Crippen LogP contribution is 2.24. The maximum atomic E-state index is 12.1. The average molecular weight is 346 g/mol. The number of rotatable bonds is 2. The normalized spacial score (nSPS) is 27.4. The van der Waals surface area contributed by atoms with Crippen molar-refractivity contribution in [2.45, 2.75) is 13.8 Å². The number of piperidine rings is 1. The molecule has 1 N–H and O–H groups in total. The van der Waals surface area contributed by atoms with Crippen LogP contribution in [-0.2, 0) is 24.0 Å². The van der Waals surface area contributed by atoms with Crippen LogP contribution in [0.15, 0.2) is 35.1 Å². The van der Waals surface area contributed by atoms with Crippen LogP contribution in [0.1, 0.15) is 13.8 Å². The Bertz CT molecular complexity index is 763. The highest BCUT2D eigenvalue weighted by molar-refractivity contribution is 6.31. The Kier molecular flexibility index (Phi) is 4.73. The number of nitrogens with zero attached hydrogens (tertiary/aromatic N) is 2. The van der Waals surface area contributed by atoms with E-state index in [0.29, 0.717) is 0 Å². The molecule has 4 amide bonds. The highest BCUT2D eigenvalue weighted by Gasteiger charge is 2.39. The van der Waals surface area contributed by atoms with Crippen LogP contribution in [0.3, 0.4) is 0 Å². The second kappa shape index (κ2) is 6.46. The van der Waals surface area contributed by atoms with Crippen LogP contribution in [0.25, 0.3) is 0 Å². The number of imide groups is 2. The van der Waals surface area contributed by atoms with Crippen molar-refractivity contribution in [3.63, 3.8) is 0 Å². The molecule has 0 aromatic rings. The maximum Gasteiger partial charge on any atom is 0.263 e. The molecule has 2 aliphatic heterocycles. The van der Waals surface area contributed by atoms with Crippen molar-refractivity contribution >= 4 is 29.4 Å². The number of likely N-dealkylation sites (tertiary alicyclic amines) is 1. The van der Waals surface area contributed by atoms with Crippen molar-refractivity contribution in [3.8, 4) is 0 Å². The summed E-state index contributed by atoms with van der Waals surface area (Å²) in [5.41, 5.74) is -0.286. The molecule has 25 heavy (non-hydrogen) atoms. The van der Waals surface area contributed by atoms with Gasteiger partial charge in [-0.25, -0.2) is 0 Å². The zero-order valence-electron chi connectivity index (χ0n) is 14.3. The Hall–Kier alpha value is -3.03. The lowest BCUT2D eigenvalue weighted by atomic mass is 9.92. The third-order valence-corrected chi connectivity index (χ3v) is 4.34. The molecule has 2 rings (SSSR count). The second-order valence-electron chi connectivity index (χ2n) is 5.95. The van der Waals surface area contributed by atoms with Gasteiger partial charge in [0.05, 0.1) is 23.0 Å². The first-order chi connectivity index (χ1) is 11.6. The Labute approximate surface area is 144 Å². The number of aliphatic hydroxyl groups excluding tert-OH is 1. The number of amides is 4. The molecule has 1 saturated heterocycles. The topological polar surface area (TPSA) is 112 Å². The van der Waals surface area contributed by atoms with Gasteiger partial charge in [0.2, 0.25) is 11.8 Å². The van der Waals surface area contributed by atoms with Crippen molar-refractivity contribution in [3.05, 3.63) is 35.1 Å². The van der Waals surface area contributed by atoms with Gasteiger partial charge >= 0.3 is 0 Å². The number of carbonyl (C=O) groups excluding carboxylic acids is 5. The molecular weight excluding hydrogens is 328 g/mol. The van der Waals surface area contributed by atoms with E-state index in [4.69, 9.17) is 0 Å². The van der Waals surface area contributed by atoms with Crippen LogP contribution < -0.4 is 0 Å². The van der Waals surface area contributed by atoms with Gasteiger partial charge in [-0.05, 0) is 26.0 Å². The van der Waals surface area contributed by atoms with Gasteiger partial charge in [0, 0.05) is 14.1 Å². The molecule has 0 saturated carbocycles. The molecular formula is C17H18N2O6. The van der Waals surface area contributed by atoms with E-state index in [-0.39, 0.29) is 16.9 Å². The molecule has 0 aromatic carbocycles. The van der Waals surface area contributed by atoms with Gasteiger partial charge in [-0.2, -0.15) is 0 Å². The molecule has 2 aliphatic rings. The van der Waals surface area contributed by atoms with Crippen LogP contribution in [0, 0.1) is 11.8 Å². The van der Waals surface area contributed by atoms with E-state index in [1.807, 2.05) is 0 Å². The molecule has 0 radical (unpaired) electrons. The number of Topliss-reactive ketones (excluding diaryl/α,β-unsaturated/α-hetero) is 1. The van der Waals surface area contributed by atoms with E-state index in [2.05, 4.69) is 0 Å². The van der Waals surface area contributed by atoms with Crippen molar-refractivity contribution in [2.75, 3.05) is 14.1 Å². The lowest BCUT2D eigenvalue weighted by Crippen LogP contribution is -2.47. The Morgan fingerprint density at radius 3 is 2.00 bits per heavy atom. The van der Waals surface area contributed by atoms with Crippen LogP contribution in [0.5, 0.6) is 0 Å². The predicted molar refractivity (Wildman–Crippen MR) is 85.8 cm³/mol. The van der Waals surface area contributed by atoms with Crippen LogP contribution >= 0.6 is 0 Å². The summed E-state index contributed by atoms with van der Waals surface area (Å²) in [6.07, 6.45) is 3.69. The van der Waals surface area contributed by atoms with Crippen molar-refractivity contribution in [2.24, 2.45) is 11.8 Å². The summed E-state index contributed by atoms with van der Waals surface area (Å²) in [6.45, 7) is 2.87. The number of carbonyl (C=O) groups is 5. The van der Waals surface area contributed by atoms with E-state index in [1.54, 1.807) is 0 Å². The van der Waals surface area contributed by atoms with Gasteiger partial charge < -0.3 is 5.11 Å². The number of hydrogen-bond donors (Lipinski definition) is 1. The minimum Gasteiger partial charge on any atom is -0.511 e. The minimum absolute atomic E-state index is 0.0976. The van der Waals surface area contributed by atoms with Crippen LogP contribution in [0.2, 0.25) is 0 Å². The second-order valence-corrected chi connectivity index (χ2v) is 5.95. The first-order valence-electron chi connectivity index (χ1n) is 7.59. The average Bonchev–Trinajstić information content (AvgIpc) is 2.60. The Morgan fingerprint density at radius 1 is 0.880 bits per heavy atom. The van der Waals surface area contributed by atoms with E-state index in [1.165, 1.54) is 46.2 Å². The third kappa shape index (κ3) is 2.90. The van der Waals surface area contributed by atoms with Gasteiger partial charge in [0.15, 0.2) is 5.78 Å². The summed E-state index contributed by atoms with van der Waals surface area (Å²) < 4.78 is 0. The van der Waals surface area contributed by atoms with E-state index in [0.717, 1.165) is 9.80 Å². The maximum absolute atomic E-state index is 12.1. The molecule has 8 heteroatoms. The van der Waals surface area contributed by atoms with Gasteiger partial charge in [-0.3, -0.25) is 33.8 Å². The van der Waals surface area contributed by atoms with E-state index < -0.39 is 41.2 Å². The molecule has 0 bridgehead atoms. The summed E-state index contributed by atoms with van der Waals surface area (Å²) in [5, 5.41) is 10.0. The van der Waals surface area contributed by atoms with Crippen molar-refractivity contribution in [1.82, 2.24) is 9.80 Å². The SMILES string of the molecule is CC1C(=O)/C(=C/C=C/C2=C(O)C(C)C(=O)N(C)C2=O)C(=O)N(C)C1=O. The fourth-order valence-electron chi connectivity index (χ4n) is 2.60. The fraction of sp³-hybridized carbons (Fsp3) is 0.353. The number of ketones is 1. The summed E-state index contributed by atoms with van der Waals surface area (Å²) in [5.74, 6) is -5.32. The zero-order chi connectivity index (χ0) is 19.0. The molecule has 2 atom stereocenters. The van der Waals surface area contributed by atoms with Crippen LogP contribution in [0.4, 0.5) is 0 Å². The molecule has 132 valence electrons. The number of allylic oxidation sites excluding steroid dienone is 2. The zero-order valence-corrected chi connectivity index (χ0v) is 14.3. The Morgan fingerprint density at radius 2 is 1.40 bits per heavy atom. The number of aliphatic hydroxyl groups is 1.